The Morgan fingerprint density at radius 1 is 0.920 bits per heavy atom. The van der Waals surface area contributed by atoms with Crippen LogP contribution in [0.5, 0.6) is 0 Å². The van der Waals surface area contributed by atoms with E-state index in [1.54, 1.807) is 18.5 Å². The van der Waals surface area contributed by atoms with Crippen molar-refractivity contribution in [3.05, 3.63) is 71.6 Å². The van der Waals surface area contributed by atoms with Gasteiger partial charge in [0.2, 0.25) is 0 Å². The number of carbonyl (C=O) groups is 1. The Balaban J connectivity index is 1.91. The van der Waals surface area contributed by atoms with Gasteiger partial charge in [-0.1, -0.05) is 0 Å². The van der Waals surface area contributed by atoms with Crippen molar-refractivity contribution in [1.29, 1.82) is 0 Å². The number of pyridine rings is 3. The topological polar surface area (TPSA) is 79.8 Å². The third kappa shape index (κ3) is 3.98. The third-order valence-electron chi connectivity index (χ3n) is 3.68. The van der Waals surface area contributed by atoms with E-state index < -0.39 is 0 Å². The van der Waals surface area contributed by atoms with Gasteiger partial charge in [0.1, 0.15) is 0 Å². The van der Waals surface area contributed by atoms with Gasteiger partial charge in [-0.2, -0.15) is 0 Å². The van der Waals surface area contributed by atoms with Crippen LogP contribution in [0.15, 0.2) is 48.8 Å². The number of hydrogen-bond acceptors (Lipinski definition) is 5. The molecule has 1 amide bonds. The molecule has 0 fully saturated rings. The number of amides is 1. The molecule has 0 spiro atoms. The molecule has 3 rings (SSSR count). The van der Waals surface area contributed by atoms with Crippen LogP contribution >= 0.6 is 0 Å². The summed E-state index contributed by atoms with van der Waals surface area (Å²) in [6.07, 6.45) is 3.39. The van der Waals surface area contributed by atoms with Crippen LogP contribution in [0.1, 0.15) is 27.6 Å². The number of rotatable bonds is 4. The fourth-order valence-electron chi connectivity index (χ4n) is 2.41. The maximum Gasteiger partial charge on any atom is 0.276 e. The lowest BCUT2D eigenvalue weighted by Gasteiger charge is -2.13. The fourth-order valence-corrected chi connectivity index (χ4v) is 2.41. The molecule has 0 bridgehead atoms. The second-order valence-corrected chi connectivity index (χ2v) is 5.75. The van der Waals surface area contributed by atoms with Crippen LogP contribution in [0, 0.1) is 20.8 Å². The van der Waals surface area contributed by atoms with Gasteiger partial charge in [0.15, 0.2) is 5.69 Å². The van der Waals surface area contributed by atoms with Gasteiger partial charge in [-0.05, 0) is 57.2 Å². The Bertz CT molecular complexity index is 923. The summed E-state index contributed by atoms with van der Waals surface area (Å²) in [5.74, 6) is -0.279. The maximum absolute atomic E-state index is 12.7. The number of carbonyl (C=O) groups excluding carboxylic acids is 1. The quantitative estimate of drug-likeness (QED) is 0.759. The highest BCUT2D eigenvalue weighted by molar-refractivity contribution is 6.07. The van der Waals surface area contributed by atoms with E-state index in [-0.39, 0.29) is 5.91 Å². The second kappa shape index (κ2) is 7.09. The first-order valence-electron chi connectivity index (χ1n) is 7.93. The van der Waals surface area contributed by atoms with E-state index in [1.165, 1.54) is 0 Å². The fraction of sp³-hybridized carbons (Fsp3) is 0.158. The van der Waals surface area contributed by atoms with E-state index in [9.17, 15) is 4.79 Å². The van der Waals surface area contributed by atoms with E-state index >= 15 is 0 Å². The highest BCUT2D eigenvalue weighted by atomic mass is 16.1. The summed E-state index contributed by atoms with van der Waals surface area (Å²) in [7, 11) is 0. The summed E-state index contributed by atoms with van der Waals surface area (Å²) in [6, 6.07) is 11.0. The van der Waals surface area contributed by atoms with Gasteiger partial charge < -0.3 is 10.6 Å². The number of hydrogen-bond donors (Lipinski definition) is 2. The average molecular weight is 333 g/mol. The van der Waals surface area contributed by atoms with Crippen LogP contribution in [-0.4, -0.2) is 20.9 Å². The van der Waals surface area contributed by atoms with Gasteiger partial charge in [0, 0.05) is 29.5 Å². The highest BCUT2D eigenvalue weighted by Gasteiger charge is 2.15. The van der Waals surface area contributed by atoms with E-state index in [4.69, 9.17) is 0 Å². The summed E-state index contributed by atoms with van der Waals surface area (Å²) < 4.78 is 0. The molecule has 6 heteroatoms. The molecule has 6 nitrogen and oxygen atoms in total. The van der Waals surface area contributed by atoms with Crippen molar-refractivity contribution in [1.82, 2.24) is 15.0 Å². The molecule has 0 aromatic carbocycles. The molecule has 0 saturated carbocycles. The first-order valence-corrected chi connectivity index (χ1v) is 7.93. The van der Waals surface area contributed by atoms with Crippen molar-refractivity contribution in [3.63, 3.8) is 0 Å². The summed E-state index contributed by atoms with van der Waals surface area (Å²) in [6.45, 7) is 5.63. The Kier molecular flexibility index (Phi) is 4.70. The minimum absolute atomic E-state index is 0.279. The average Bonchev–Trinajstić information content (AvgIpc) is 2.58. The number of nitrogens with one attached hydrogen (secondary N) is 2. The van der Waals surface area contributed by atoms with Crippen LogP contribution in [0.3, 0.4) is 0 Å². The van der Waals surface area contributed by atoms with Gasteiger partial charge in [-0.3, -0.25) is 14.8 Å². The third-order valence-corrected chi connectivity index (χ3v) is 3.68. The van der Waals surface area contributed by atoms with Crippen LogP contribution in [0.4, 0.5) is 17.1 Å². The van der Waals surface area contributed by atoms with Crippen LogP contribution in [0.25, 0.3) is 0 Å². The zero-order chi connectivity index (χ0) is 17.8. The molecule has 3 heterocycles. The minimum atomic E-state index is -0.279. The number of nitrogens with zero attached hydrogens (tertiary/aromatic N) is 3. The summed E-state index contributed by atoms with van der Waals surface area (Å²) in [4.78, 5) is 25.5. The van der Waals surface area contributed by atoms with Gasteiger partial charge in [0.25, 0.3) is 5.91 Å². The summed E-state index contributed by atoms with van der Waals surface area (Å²) in [5, 5.41) is 6.12. The maximum atomic E-state index is 12.7. The van der Waals surface area contributed by atoms with Crippen molar-refractivity contribution in [2.75, 3.05) is 10.6 Å². The zero-order valence-corrected chi connectivity index (χ0v) is 14.4. The molecule has 126 valence electrons. The molecule has 25 heavy (non-hydrogen) atoms. The molecule has 0 unspecified atom stereocenters. The number of aryl methyl sites for hydroxylation is 3. The molecule has 2 N–H and O–H groups in total. The van der Waals surface area contributed by atoms with Crippen LogP contribution in [-0.2, 0) is 0 Å². The van der Waals surface area contributed by atoms with Gasteiger partial charge >= 0.3 is 0 Å². The molecule has 0 aliphatic carbocycles. The molecule has 0 aliphatic heterocycles. The van der Waals surface area contributed by atoms with Gasteiger partial charge in [-0.25, -0.2) is 4.98 Å². The van der Waals surface area contributed by atoms with Crippen LogP contribution in [0.2, 0.25) is 0 Å². The molecule has 0 radical (unpaired) electrons. The monoisotopic (exact) mass is 333 g/mol. The normalized spacial score (nSPS) is 10.4. The molecule has 3 aromatic rings. The number of aromatic nitrogens is 3. The first kappa shape index (κ1) is 16.6. The Morgan fingerprint density at radius 2 is 1.76 bits per heavy atom. The molecule has 0 saturated heterocycles. The van der Waals surface area contributed by atoms with E-state index in [1.807, 2.05) is 51.1 Å². The molecular weight excluding hydrogens is 314 g/mol. The molecule has 0 atom stereocenters. The predicted molar refractivity (Wildman–Crippen MR) is 98.2 cm³/mol. The molecular formula is C19H19N5O. The number of anilines is 3. The zero-order valence-electron chi connectivity index (χ0n) is 14.4. The van der Waals surface area contributed by atoms with Gasteiger partial charge in [-0.15, -0.1) is 0 Å². The van der Waals surface area contributed by atoms with Crippen molar-refractivity contribution in [2.24, 2.45) is 0 Å². The summed E-state index contributed by atoms with van der Waals surface area (Å²) in [5.41, 5.74) is 4.93. The lowest BCUT2D eigenvalue weighted by molar-refractivity contribution is 0.102. The minimum Gasteiger partial charge on any atom is -0.352 e. The second-order valence-electron chi connectivity index (χ2n) is 5.75. The molecule has 0 aliphatic rings. The Labute approximate surface area is 146 Å². The lowest BCUT2D eigenvalue weighted by atomic mass is 10.2. The first-order chi connectivity index (χ1) is 12.0. The predicted octanol–water partition coefficient (Wildman–Crippen LogP) is 3.79. The van der Waals surface area contributed by atoms with Crippen molar-refractivity contribution >= 4 is 23.0 Å². The van der Waals surface area contributed by atoms with E-state index in [0.29, 0.717) is 17.1 Å². The van der Waals surface area contributed by atoms with Crippen molar-refractivity contribution in [3.8, 4) is 0 Å². The van der Waals surface area contributed by atoms with Crippen LogP contribution < -0.4 is 10.6 Å². The molecule has 3 aromatic heterocycles. The van der Waals surface area contributed by atoms with Crippen molar-refractivity contribution < 1.29 is 4.79 Å². The SMILES string of the molecule is Cc1cc(NC(=O)c2nc(C)ccc2Nc2cccnc2C)ccn1. The largest absolute Gasteiger partial charge is 0.352 e. The standard InChI is InChI=1S/C19H19N5O/c1-12-6-7-17(24-16-5-4-9-21-14(16)3)18(22-12)19(25)23-15-8-10-20-13(2)11-15/h4-11,24H,1-3H3,(H,20,23,25). The Morgan fingerprint density at radius 3 is 2.52 bits per heavy atom. The van der Waals surface area contributed by atoms with Crippen molar-refractivity contribution in [2.45, 2.75) is 20.8 Å². The van der Waals surface area contributed by atoms with E-state index in [0.717, 1.165) is 22.8 Å². The lowest BCUT2D eigenvalue weighted by Crippen LogP contribution is -2.16. The van der Waals surface area contributed by atoms with Gasteiger partial charge in [0.05, 0.1) is 17.1 Å². The Hall–Kier alpha value is -3.28. The highest BCUT2D eigenvalue weighted by Crippen LogP contribution is 2.22. The van der Waals surface area contributed by atoms with E-state index in [2.05, 4.69) is 25.6 Å². The summed E-state index contributed by atoms with van der Waals surface area (Å²) >= 11 is 0. The smallest absolute Gasteiger partial charge is 0.276 e.